The number of anilines is 1. The van der Waals surface area contributed by atoms with Gasteiger partial charge in [0.05, 0.1) is 22.4 Å². The number of nitrogens with one attached hydrogen (secondary N) is 1. The standard InChI is InChI=1S/C17H12N4O4S/c22-15-8-26-14-6-5-10(7-13(14)18-15)17(24)25-9-21-16(23)11-3-1-2-4-12(11)19-20-21/h1-7H,8-9H2,(H,18,22). The molecule has 1 aliphatic heterocycles. The molecule has 3 aromatic rings. The Bertz CT molecular complexity index is 1100. The van der Waals surface area contributed by atoms with Crippen molar-refractivity contribution in [1.29, 1.82) is 0 Å². The van der Waals surface area contributed by atoms with Crippen molar-refractivity contribution in [2.75, 3.05) is 11.1 Å². The van der Waals surface area contributed by atoms with Crippen LogP contribution in [-0.2, 0) is 16.3 Å². The number of hydrogen-bond acceptors (Lipinski definition) is 7. The zero-order valence-electron chi connectivity index (χ0n) is 13.3. The van der Waals surface area contributed by atoms with Crippen molar-refractivity contribution in [2.24, 2.45) is 0 Å². The van der Waals surface area contributed by atoms with E-state index in [2.05, 4.69) is 15.6 Å². The third-order valence-corrected chi connectivity index (χ3v) is 4.87. The maximum atomic E-state index is 12.3. The quantitative estimate of drug-likeness (QED) is 0.701. The first-order chi connectivity index (χ1) is 12.6. The zero-order chi connectivity index (χ0) is 18.1. The van der Waals surface area contributed by atoms with Crippen LogP contribution in [0.5, 0.6) is 0 Å². The highest BCUT2D eigenvalue weighted by molar-refractivity contribution is 8.00. The molecule has 9 heteroatoms. The number of rotatable bonds is 3. The molecule has 1 aromatic heterocycles. The molecule has 130 valence electrons. The van der Waals surface area contributed by atoms with Gasteiger partial charge in [0.25, 0.3) is 5.56 Å². The second kappa shape index (κ2) is 6.60. The van der Waals surface area contributed by atoms with Gasteiger partial charge in [-0.1, -0.05) is 17.3 Å². The van der Waals surface area contributed by atoms with Crippen LogP contribution < -0.4 is 10.9 Å². The van der Waals surface area contributed by atoms with Gasteiger partial charge in [-0.2, -0.15) is 4.68 Å². The Labute approximate surface area is 151 Å². The van der Waals surface area contributed by atoms with E-state index in [1.165, 1.54) is 11.8 Å². The lowest BCUT2D eigenvalue weighted by Gasteiger charge is -2.16. The van der Waals surface area contributed by atoms with E-state index in [-0.39, 0.29) is 18.2 Å². The number of aromatic nitrogens is 3. The molecule has 0 aliphatic carbocycles. The fourth-order valence-electron chi connectivity index (χ4n) is 2.52. The molecule has 8 nitrogen and oxygen atoms in total. The van der Waals surface area contributed by atoms with E-state index in [9.17, 15) is 14.4 Å². The van der Waals surface area contributed by atoms with E-state index >= 15 is 0 Å². The first kappa shape index (κ1) is 16.3. The van der Waals surface area contributed by atoms with Crippen LogP contribution in [0.4, 0.5) is 5.69 Å². The monoisotopic (exact) mass is 368 g/mol. The van der Waals surface area contributed by atoms with Gasteiger partial charge < -0.3 is 10.1 Å². The highest BCUT2D eigenvalue weighted by atomic mass is 32.2. The second-order valence-corrected chi connectivity index (χ2v) is 6.54. The van der Waals surface area contributed by atoms with Crippen molar-refractivity contribution in [3.05, 3.63) is 58.4 Å². The molecule has 0 saturated heterocycles. The lowest BCUT2D eigenvalue weighted by atomic mass is 10.2. The number of carbonyl (C=O) groups is 2. The Morgan fingerprint density at radius 1 is 1.23 bits per heavy atom. The minimum absolute atomic E-state index is 0.119. The SMILES string of the molecule is O=C1CSc2ccc(C(=O)OCn3nnc4ccccc4c3=O)cc2N1. The molecule has 1 N–H and O–H groups in total. The molecule has 1 aliphatic rings. The molecule has 0 saturated carbocycles. The Morgan fingerprint density at radius 2 is 2.08 bits per heavy atom. The van der Waals surface area contributed by atoms with Crippen LogP contribution in [-0.4, -0.2) is 32.6 Å². The van der Waals surface area contributed by atoms with Crippen molar-refractivity contribution in [1.82, 2.24) is 15.0 Å². The maximum Gasteiger partial charge on any atom is 0.339 e. The molecule has 1 amide bonds. The van der Waals surface area contributed by atoms with Gasteiger partial charge in [-0.05, 0) is 30.3 Å². The molecular weight excluding hydrogens is 356 g/mol. The number of ether oxygens (including phenoxy) is 1. The molecule has 0 bridgehead atoms. The van der Waals surface area contributed by atoms with Crippen LogP contribution in [0.15, 0.2) is 52.2 Å². The van der Waals surface area contributed by atoms with Crippen molar-refractivity contribution >= 4 is 40.2 Å². The number of hydrogen-bond donors (Lipinski definition) is 1. The minimum Gasteiger partial charge on any atom is -0.439 e. The lowest BCUT2D eigenvalue weighted by molar-refractivity contribution is -0.113. The number of esters is 1. The number of thioether (sulfide) groups is 1. The molecule has 0 fully saturated rings. The van der Waals surface area contributed by atoms with E-state index in [0.29, 0.717) is 22.3 Å². The van der Waals surface area contributed by atoms with E-state index in [1.807, 2.05) is 0 Å². The van der Waals surface area contributed by atoms with Crippen LogP contribution in [0.3, 0.4) is 0 Å². The summed E-state index contributed by atoms with van der Waals surface area (Å²) in [6, 6.07) is 11.7. The normalized spacial score (nSPS) is 13.2. The van der Waals surface area contributed by atoms with Crippen LogP contribution >= 0.6 is 11.8 Å². The van der Waals surface area contributed by atoms with Crippen molar-refractivity contribution in [3.8, 4) is 0 Å². The van der Waals surface area contributed by atoms with Gasteiger partial charge in [0.15, 0.2) is 6.73 Å². The number of fused-ring (bicyclic) bond motifs is 2. The molecule has 0 unspecified atom stereocenters. The second-order valence-electron chi connectivity index (χ2n) is 5.52. The van der Waals surface area contributed by atoms with Crippen molar-refractivity contribution < 1.29 is 14.3 Å². The van der Waals surface area contributed by atoms with Gasteiger partial charge in [0, 0.05) is 4.90 Å². The predicted octanol–water partition coefficient (Wildman–Crippen LogP) is 1.65. The lowest BCUT2D eigenvalue weighted by Crippen LogP contribution is -2.26. The smallest absolute Gasteiger partial charge is 0.339 e. The maximum absolute atomic E-state index is 12.3. The van der Waals surface area contributed by atoms with Gasteiger partial charge in [-0.15, -0.1) is 16.9 Å². The summed E-state index contributed by atoms with van der Waals surface area (Å²) >= 11 is 1.40. The van der Waals surface area contributed by atoms with Crippen LogP contribution in [0.25, 0.3) is 10.9 Å². The first-order valence-corrected chi connectivity index (χ1v) is 8.67. The summed E-state index contributed by atoms with van der Waals surface area (Å²) in [7, 11) is 0. The van der Waals surface area contributed by atoms with Crippen molar-refractivity contribution in [2.45, 2.75) is 11.6 Å². The Morgan fingerprint density at radius 3 is 2.96 bits per heavy atom. The fourth-order valence-corrected chi connectivity index (χ4v) is 3.31. The van der Waals surface area contributed by atoms with Gasteiger partial charge in [0.2, 0.25) is 5.91 Å². The van der Waals surface area contributed by atoms with Gasteiger partial charge in [0.1, 0.15) is 5.52 Å². The summed E-state index contributed by atoms with van der Waals surface area (Å²) in [6.07, 6.45) is 0. The minimum atomic E-state index is -0.625. The molecule has 2 heterocycles. The summed E-state index contributed by atoms with van der Waals surface area (Å²) < 4.78 is 6.15. The third-order valence-electron chi connectivity index (χ3n) is 3.80. The van der Waals surface area contributed by atoms with E-state index in [1.54, 1.807) is 42.5 Å². The number of benzene rings is 2. The van der Waals surface area contributed by atoms with E-state index in [4.69, 9.17) is 4.74 Å². The van der Waals surface area contributed by atoms with Gasteiger partial charge >= 0.3 is 5.97 Å². The Kier molecular flexibility index (Phi) is 4.13. The topological polar surface area (TPSA) is 103 Å². The van der Waals surface area contributed by atoms with Crippen molar-refractivity contribution in [3.63, 3.8) is 0 Å². The largest absolute Gasteiger partial charge is 0.439 e. The van der Waals surface area contributed by atoms with E-state index in [0.717, 1.165) is 9.58 Å². The fraction of sp³-hybridized carbons (Fsp3) is 0.118. The Balaban J connectivity index is 1.53. The molecular formula is C17H12N4O4S. The number of amides is 1. The molecule has 0 radical (unpaired) electrons. The summed E-state index contributed by atoms with van der Waals surface area (Å²) in [4.78, 5) is 36.9. The predicted molar refractivity (Wildman–Crippen MR) is 95.0 cm³/mol. The van der Waals surface area contributed by atoms with Crippen LogP contribution in [0, 0.1) is 0 Å². The average Bonchev–Trinajstić information content (AvgIpc) is 2.67. The highest BCUT2D eigenvalue weighted by Gasteiger charge is 2.18. The molecule has 26 heavy (non-hydrogen) atoms. The summed E-state index contributed by atoms with van der Waals surface area (Å²) in [6.45, 7) is -0.353. The van der Waals surface area contributed by atoms with Gasteiger partial charge in [-0.3, -0.25) is 9.59 Å². The summed E-state index contributed by atoms with van der Waals surface area (Å²) in [5.41, 5.74) is 0.928. The Hall–Kier alpha value is -3.20. The van der Waals surface area contributed by atoms with Crippen LogP contribution in [0.1, 0.15) is 10.4 Å². The van der Waals surface area contributed by atoms with Gasteiger partial charge in [-0.25, -0.2) is 4.79 Å². The van der Waals surface area contributed by atoms with E-state index < -0.39 is 11.5 Å². The average molecular weight is 368 g/mol. The number of nitrogens with zero attached hydrogens (tertiary/aromatic N) is 3. The van der Waals surface area contributed by atoms with Crippen LogP contribution in [0.2, 0.25) is 0 Å². The third kappa shape index (κ3) is 3.04. The molecule has 0 spiro atoms. The molecule has 2 aromatic carbocycles. The summed E-state index contributed by atoms with van der Waals surface area (Å²) in [5.74, 6) is -0.397. The zero-order valence-corrected chi connectivity index (χ0v) is 14.2. The first-order valence-electron chi connectivity index (χ1n) is 7.68. The molecule has 0 atom stereocenters. The molecule has 4 rings (SSSR count). The summed E-state index contributed by atoms with van der Waals surface area (Å²) in [5, 5.41) is 10.8. The number of carbonyl (C=O) groups excluding carboxylic acids is 2. The highest BCUT2D eigenvalue weighted by Crippen LogP contribution is 2.32.